The monoisotopic (exact) mass is 331 g/mol. The number of amides is 1. The second-order valence-corrected chi connectivity index (χ2v) is 4.27. The standard InChI is InChI=1S/C12H11F6NO3/c13-11(14,15)10(21,12(16,17)18)7-19-9(20)22-6-8-4-2-1-3-5-8/h1-5,21H,6-7H2,(H,19,20). The van der Waals surface area contributed by atoms with Crippen LogP contribution in [0.2, 0.25) is 0 Å². The molecule has 10 heteroatoms. The SMILES string of the molecule is O=C(NCC(O)(C(F)(F)F)C(F)(F)F)OCc1ccccc1. The van der Waals surface area contributed by atoms with Crippen LogP contribution in [0.5, 0.6) is 0 Å². The summed E-state index contributed by atoms with van der Waals surface area (Å²) in [6, 6.07) is 7.94. The van der Waals surface area contributed by atoms with Crippen molar-refractivity contribution in [2.24, 2.45) is 0 Å². The zero-order chi connectivity index (χ0) is 17.0. The minimum atomic E-state index is -6.00. The quantitative estimate of drug-likeness (QED) is 0.834. The molecular weight excluding hydrogens is 320 g/mol. The van der Waals surface area contributed by atoms with Crippen LogP contribution in [-0.4, -0.2) is 35.7 Å². The van der Waals surface area contributed by atoms with E-state index in [0.29, 0.717) is 5.56 Å². The van der Waals surface area contributed by atoms with Crippen LogP contribution in [0.1, 0.15) is 5.56 Å². The molecule has 1 rings (SSSR count). The number of nitrogens with one attached hydrogen (secondary N) is 1. The van der Waals surface area contributed by atoms with Crippen molar-refractivity contribution in [2.75, 3.05) is 6.54 Å². The number of hydrogen-bond acceptors (Lipinski definition) is 3. The van der Waals surface area contributed by atoms with Gasteiger partial charge in [0, 0.05) is 0 Å². The molecule has 4 nitrogen and oxygen atoms in total. The van der Waals surface area contributed by atoms with Gasteiger partial charge in [0.25, 0.3) is 5.60 Å². The summed E-state index contributed by atoms with van der Waals surface area (Å²) in [6.45, 7) is -2.45. The van der Waals surface area contributed by atoms with Gasteiger partial charge in [-0.2, -0.15) is 26.3 Å². The summed E-state index contributed by atoms with van der Waals surface area (Å²) < 4.78 is 78.5. The Kier molecular flexibility index (Phi) is 5.28. The molecule has 1 amide bonds. The van der Waals surface area contributed by atoms with Gasteiger partial charge in [0.15, 0.2) is 0 Å². The Morgan fingerprint density at radius 2 is 1.55 bits per heavy atom. The lowest BCUT2D eigenvalue weighted by Crippen LogP contribution is -2.62. The lowest BCUT2D eigenvalue weighted by atomic mass is 10.0. The summed E-state index contributed by atoms with van der Waals surface area (Å²) in [6.07, 6.45) is -13.5. The van der Waals surface area contributed by atoms with Crippen molar-refractivity contribution in [3.05, 3.63) is 35.9 Å². The number of alkyl halides is 6. The molecule has 0 unspecified atom stereocenters. The fraction of sp³-hybridized carbons (Fsp3) is 0.417. The van der Waals surface area contributed by atoms with Gasteiger partial charge in [-0.25, -0.2) is 4.79 Å². The molecule has 0 aliphatic heterocycles. The predicted molar refractivity (Wildman–Crippen MR) is 61.7 cm³/mol. The lowest BCUT2D eigenvalue weighted by Gasteiger charge is -2.32. The number of hydrogen-bond donors (Lipinski definition) is 2. The number of carbonyl (C=O) groups is 1. The van der Waals surface area contributed by atoms with E-state index in [0.717, 1.165) is 0 Å². The van der Waals surface area contributed by atoms with Gasteiger partial charge in [-0.3, -0.25) is 0 Å². The Labute approximate surface area is 120 Å². The number of aliphatic hydroxyl groups is 1. The smallest absolute Gasteiger partial charge is 0.428 e. The molecule has 0 saturated heterocycles. The van der Waals surface area contributed by atoms with Gasteiger partial charge in [-0.1, -0.05) is 30.3 Å². The van der Waals surface area contributed by atoms with Crippen molar-refractivity contribution in [3.63, 3.8) is 0 Å². The molecule has 1 aromatic rings. The molecule has 0 atom stereocenters. The van der Waals surface area contributed by atoms with Crippen LogP contribution in [0.3, 0.4) is 0 Å². The number of benzene rings is 1. The van der Waals surface area contributed by atoms with Crippen molar-refractivity contribution in [3.8, 4) is 0 Å². The maximum absolute atomic E-state index is 12.3. The number of rotatable bonds is 4. The summed E-state index contributed by atoms with van der Waals surface area (Å²) in [4.78, 5) is 11.1. The third-order valence-corrected chi connectivity index (χ3v) is 2.64. The molecule has 0 spiro atoms. The zero-order valence-corrected chi connectivity index (χ0v) is 10.8. The van der Waals surface area contributed by atoms with Crippen LogP contribution in [0.4, 0.5) is 31.1 Å². The van der Waals surface area contributed by atoms with Crippen LogP contribution < -0.4 is 5.32 Å². The molecule has 124 valence electrons. The fourth-order valence-electron chi connectivity index (χ4n) is 1.34. The Morgan fingerprint density at radius 3 is 2.00 bits per heavy atom. The lowest BCUT2D eigenvalue weighted by molar-refractivity contribution is -0.364. The van der Waals surface area contributed by atoms with E-state index in [4.69, 9.17) is 5.11 Å². The summed E-state index contributed by atoms with van der Waals surface area (Å²) in [7, 11) is 0. The van der Waals surface area contributed by atoms with E-state index in [9.17, 15) is 31.1 Å². The maximum atomic E-state index is 12.3. The first-order valence-electron chi connectivity index (χ1n) is 5.78. The molecule has 0 bridgehead atoms. The van der Waals surface area contributed by atoms with Crippen molar-refractivity contribution in [1.29, 1.82) is 0 Å². The molecule has 0 saturated carbocycles. The molecule has 0 fully saturated rings. The predicted octanol–water partition coefficient (Wildman–Crippen LogP) is 2.77. The van der Waals surface area contributed by atoms with E-state index in [2.05, 4.69) is 4.74 Å². The van der Waals surface area contributed by atoms with Gasteiger partial charge in [0.05, 0.1) is 6.54 Å². The normalized spacial score (nSPS) is 12.9. The first kappa shape index (κ1) is 18.1. The van der Waals surface area contributed by atoms with Crippen LogP contribution in [0, 0.1) is 0 Å². The van der Waals surface area contributed by atoms with Crippen LogP contribution in [0.25, 0.3) is 0 Å². The molecule has 0 heterocycles. The Bertz CT molecular complexity index is 486. The highest BCUT2D eigenvalue weighted by Crippen LogP contribution is 2.42. The molecule has 0 aliphatic carbocycles. The van der Waals surface area contributed by atoms with Gasteiger partial charge >= 0.3 is 18.4 Å². The van der Waals surface area contributed by atoms with Gasteiger partial charge < -0.3 is 15.2 Å². The van der Waals surface area contributed by atoms with E-state index < -0.39 is 30.6 Å². The van der Waals surface area contributed by atoms with Gasteiger partial charge in [0.2, 0.25) is 0 Å². The minimum Gasteiger partial charge on any atom is -0.445 e. The second-order valence-electron chi connectivity index (χ2n) is 4.27. The summed E-state index contributed by atoms with van der Waals surface area (Å²) in [5.74, 6) is 0. The number of carbonyl (C=O) groups excluding carboxylic acids is 1. The molecule has 22 heavy (non-hydrogen) atoms. The van der Waals surface area contributed by atoms with E-state index in [1.54, 1.807) is 18.2 Å². The highest BCUT2D eigenvalue weighted by molar-refractivity contribution is 5.67. The molecule has 0 radical (unpaired) electrons. The molecule has 0 aromatic heterocycles. The van der Waals surface area contributed by atoms with Crippen LogP contribution in [-0.2, 0) is 11.3 Å². The maximum Gasteiger partial charge on any atom is 0.428 e. The van der Waals surface area contributed by atoms with Gasteiger partial charge in [-0.05, 0) is 5.56 Å². The van der Waals surface area contributed by atoms with E-state index >= 15 is 0 Å². The van der Waals surface area contributed by atoms with Crippen molar-refractivity contribution in [1.82, 2.24) is 5.32 Å². The Morgan fingerprint density at radius 1 is 1.05 bits per heavy atom. The topological polar surface area (TPSA) is 58.6 Å². The van der Waals surface area contributed by atoms with E-state index in [1.165, 1.54) is 17.4 Å². The van der Waals surface area contributed by atoms with Gasteiger partial charge in [-0.15, -0.1) is 0 Å². The number of ether oxygens (including phenoxy) is 1. The number of halogens is 6. The first-order chi connectivity index (χ1) is 9.97. The highest BCUT2D eigenvalue weighted by atomic mass is 19.4. The molecule has 0 aliphatic rings. The summed E-state index contributed by atoms with van der Waals surface area (Å²) >= 11 is 0. The van der Waals surface area contributed by atoms with Crippen LogP contribution >= 0.6 is 0 Å². The average Bonchev–Trinajstić information content (AvgIpc) is 2.41. The third-order valence-electron chi connectivity index (χ3n) is 2.64. The molecule has 2 N–H and O–H groups in total. The largest absolute Gasteiger partial charge is 0.445 e. The van der Waals surface area contributed by atoms with Crippen LogP contribution in [0.15, 0.2) is 30.3 Å². The summed E-state index contributed by atoms with van der Waals surface area (Å²) in [5, 5.41) is 10.1. The number of alkyl carbamates (subject to hydrolysis) is 1. The Hall–Kier alpha value is -1.97. The van der Waals surface area contributed by atoms with Crippen molar-refractivity contribution < 1.29 is 41.0 Å². The Balaban J connectivity index is 2.61. The first-order valence-corrected chi connectivity index (χ1v) is 5.78. The van der Waals surface area contributed by atoms with E-state index in [-0.39, 0.29) is 6.61 Å². The third kappa shape index (κ3) is 4.26. The van der Waals surface area contributed by atoms with Gasteiger partial charge in [0.1, 0.15) is 6.61 Å². The summed E-state index contributed by atoms with van der Waals surface area (Å²) in [5.41, 5.74) is -4.56. The fourth-order valence-corrected chi connectivity index (χ4v) is 1.34. The van der Waals surface area contributed by atoms with E-state index in [1.807, 2.05) is 0 Å². The zero-order valence-electron chi connectivity index (χ0n) is 10.8. The molecular formula is C12H11F6NO3. The van der Waals surface area contributed by atoms with Crippen molar-refractivity contribution in [2.45, 2.75) is 24.6 Å². The van der Waals surface area contributed by atoms with Crippen molar-refractivity contribution >= 4 is 6.09 Å². The highest BCUT2D eigenvalue weighted by Gasteiger charge is 2.70. The average molecular weight is 331 g/mol. The second kappa shape index (κ2) is 6.42. The minimum absolute atomic E-state index is 0.344. The molecule has 1 aromatic carbocycles.